The molecule has 21 heavy (non-hydrogen) atoms. The van der Waals surface area contributed by atoms with E-state index in [-0.39, 0.29) is 0 Å². The standard InChI is InChI=1S/C16H24N4O/c1-13(2)11-16-15(12-17)18-19-20(16)9-6-10-21-14-7-4-3-5-8-14/h3-5,7-8,13H,6,9-12,17H2,1-2H3. The van der Waals surface area contributed by atoms with Crippen LogP contribution in [0.15, 0.2) is 30.3 Å². The van der Waals surface area contributed by atoms with Crippen LogP contribution in [0, 0.1) is 5.92 Å². The van der Waals surface area contributed by atoms with Crippen molar-refractivity contribution in [1.82, 2.24) is 15.0 Å². The number of benzene rings is 1. The summed E-state index contributed by atoms with van der Waals surface area (Å²) in [6, 6.07) is 9.86. The Kier molecular flexibility index (Phi) is 5.75. The maximum atomic E-state index is 5.73. The molecule has 2 aromatic rings. The Bertz CT molecular complexity index is 536. The lowest BCUT2D eigenvalue weighted by atomic mass is 10.1. The lowest BCUT2D eigenvalue weighted by Crippen LogP contribution is -2.12. The molecule has 0 radical (unpaired) electrons. The van der Waals surface area contributed by atoms with Gasteiger partial charge in [0.2, 0.25) is 0 Å². The lowest BCUT2D eigenvalue weighted by Gasteiger charge is -2.10. The third kappa shape index (κ3) is 4.56. The Balaban J connectivity index is 1.86. The second kappa shape index (κ2) is 7.78. The quantitative estimate of drug-likeness (QED) is 0.758. The van der Waals surface area contributed by atoms with Gasteiger partial charge >= 0.3 is 0 Å². The monoisotopic (exact) mass is 288 g/mol. The molecule has 1 aromatic carbocycles. The number of para-hydroxylation sites is 1. The number of hydrogen-bond donors (Lipinski definition) is 1. The molecule has 0 saturated heterocycles. The fourth-order valence-corrected chi connectivity index (χ4v) is 2.24. The topological polar surface area (TPSA) is 66.0 Å². The molecule has 0 spiro atoms. The Morgan fingerprint density at radius 3 is 2.67 bits per heavy atom. The molecule has 5 nitrogen and oxygen atoms in total. The summed E-state index contributed by atoms with van der Waals surface area (Å²) in [5, 5.41) is 8.39. The summed E-state index contributed by atoms with van der Waals surface area (Å²) in [4.78, 5) is 0. The first kappa shape index (κ1) is 15.5. The predicted octanol–water partition coefficient (Wildman–Crippen LogP) is 2.40. The van der Waals surface area contributed by atoms with Gasteiger partial charge in [0.1, 0.15) is 5.75 Å². The van der Waals surface area contributed by atoms with E-state index in [1.807, 2.05) is 35.0 Å². The number of rotatable bonds is 8. The van der Waals surface area contributed by atoms with Crippen LogP contribution in [0.3, 0.4) is 0 Å². The highest BCUT2D eigenvalue weighted by Crippen LogP contribution is 2.13. The maximum Gasteiger partial charge on any atom is 0.119 e. The van der Waals surface area contributed by atoms with E-state index in [0.717, 1.165) is 36.5 Å². The Labute approximate surface area is 126 Å². The zero-order valence-electron chi connectivity index (χ0n) is 12.8. The van der Waals surface area contributed by atoms with Crippen molar-refractivity contribution in [3.8, 4) is 5.75 Å². The van der Waals surface area contributed by atoms with Crippen LogP contribution in [0.5, 0.6) is 5.75 Å². The summed E-state index contributed by atoms with van der Waals surface area (Å²) in [5.74, 6) is 1.47. The van der Waals surface area contributed by atoms with E-state index in [0.29, 0.717) is 19.1 Å². The third-order valence-electron chi connectivity index (χ3n) is 3.24. The summed E-state index contributed by atoms with van der Waals surface area (Å²) in [7, 11) is 0. The lowest BCUT2D eigenvalue weighted by molar-refractivity contribution is 0.296. The predicted molar refractivity (Wildman–Crippen MR) is 83.0 cm³/mol. The van der Waals surface area contributed by atoms with Crippen molar-refractivity contribution in [1.29, 1.82) is 0 Å². The fourth-order valence-electron chi connectivity index (χ4n) is 2.24. The normalized spacial score (nSPS) is 11.0. The molecule has 0 aliphatic rings. The summed E-state index contributed by atoms with van der Waals surface area (Å²) in [6.07, 6.45) is 1.85. The zero-order valence-corrected chi connectivity index (χ0v) is 12.8. The molecular formula is C16H24N4O. The molecule has 1 heterocycles. The molecule has 2 rings (SSSR count). The second-order valence-electron chi connectivity index (χ2n) is 5.52. The van der Waals surface area contributed by atoms with Gasteiger partial charge < -0.3 is 10.5 Å². The first-order valence-electron chi connectivity index (χ1n) is 7.50. The van der Waals surface area contributed by atoms with Crippen LogP contribution in [-0.4, -0.2) is 21.6 Å². The molecule has 0 fully saturated rings. The summed E-state index contributed by atoms with van der Waals surface area (Å²) in [6.45, 7) is 6.31. The first-order valence-corrected chi connectivity index (χ1v) is 7.50. The highest BCUT2D eigenvalue weighted by molar-refractivity contribution is 5.20. The van der Waals surface area contributed by atoms with Crippen LogP contribution < -0.4 is 10.5 Å². The minimum absolute atomic E-state index is 0.447. The second-order valence-corrected chi connectivity index (χ2v) is 5.52. The van der Waals surface area contributed by atoms with Crippen molar-refractivity contribution in [3.63, 3.8) is 0 Å². The van der Waals surface area contributed by atoms with E-state index in [9.17, 15) is 0 Å². The Morgan fingerprint density at radius 2 is 2.00 bits per heavy atom. The largest absolute Gasteiger partial charge is 0.494 e. The van der Waals surface area contributed by atoms with E-state index in [1.165, 1.54) is 0 Å². The highest BCUT2D eigenvalue weighted by atomic mass is 16.5. The van der Waals surface area contributed by atoms with Crippen LogP contribution in [-0.2, 0) is 19.5 Å². The summed E-state index contributed by atoms with van der Waals surface area (Å²) in [5.41, 5.74) is 7.80. The number of ether oxygens (including phenoxy) is 1. The molecule has 5 heteroatoms. The number of nitrogens with two attached hydrogens (primary N) is 1. The fraction of sp³-hybridized carbons (Fsp3) is 0.500. The van der Waals surface area contributed by atoms with Gasteiger partial charge in [0.15, 0.2) is 0 Å². The van der Waals surface area contributed by atoms with Crippen LogP contribution in [0.4, 0.5) is 0 Å². The molecule has 0 bridgehead atoms. The van der Waals surface area contributed by atoms with Crippen LogP contribution >= 0.6 is 0 Å². The van der Waals surface area contributed by atoms with E-state index in [2.05, 4.69) is 24.2 Å². The van der Waals surface area contributed by atoms with Crippen LogP contribution in [0.1, 0.15) is 31.7 Å². The van der Waals surface area contributed by atoms with Crippen molar-refractivity contribution >= 4 is 0 Å². The molecule has 0 aliphatic carbocycles. The Hall–Kier alpha value is -1.88. The number of nitrogens with zero attached hydrogens (tertiary/aromatic N) is 3. The number of aromatic nitrogens is 3. The van der Waals surface area contributed by atoms with E-state index in [1.54, 1.807) is 0 Å². The van der Waals surface area contributed by atoms with Crippen molar-refractivity contribution in [2.24, 2.45) is 11.7 Å². The van der Waals surface area contributed by atoms with Crippen molar-refractivity contribution in [3.05, 3.63) is 41.7 Å². The van der Waals surface area contributed by atoms with Gasteiger partial charge in [-0.2, -0.15) is 0 Å². The minimum atomic E-state index is 0.447. The van der Waals surface area contributed by atoms with Gasteiger partial charge in [-0.15, -0.1) is 5.10 Å². The average molecular weight is 288 g/mol. The van der Waals surface area contributed by atoms with Crippen LogP contribution in [0.25, 0.3) is 0 Å². The summed E-state index contributed by atoms with van der Waals surface area (Å²) < 4.78 is 7.66. The van der Waals surface area contributed by atoms with Gasteiger partial charge in [-0.3, -0.25) is 0 Å². The van der Waals surface area contributed by atoms with Crippen LogP contribution in [0.2, 0.25) is 0 Å². The zero-order chi connectivity index (χ0) is 15.1. The van der Waals surface area contributed by atoms with Gasteiger partial charge in [-0.05, 0) is 24.5 Å². The van der Waals surface area contributed by atoms with Gasteiger partial charge in [0.25, 0.3) is 0 Å². The molecule has 0 amide bonds. The highest BCUT2D eigenvalue weighted by Gasteiger charge is 2.12. The minimum Gasteiger partial charge on any atom is -0.494 e. The number of hydrogen-bond acceptors (Lipinski definition) is 4. The molecule has 0 unspecified atom stereocenters. The number of aryl methyl sites for hydroxylation is 1. The molecular weight excluding hydrogens is 264 g/mol. The van der Waals surface area contributed by atoms with Gasteiger partial charge in [0.05, 0.1) is 18.0 Å². The molecule has 114 valence electrons. The van der Waals surface area contributed by atoms with Gasteiger partial charge in [0, 0.05) is 19.5 Å². The third-order valence-corrected chi connectivity index (χ3v) is 3.24. The van der Waals surface area contributed by atoms with E-state index >= 15 is 0 Å². The summed E-state index contributed by atoms with van der Waals surface area (Å²) >= 11 is 0. The molecule has 0 saturated carbocycles. The Morgan fingerprint density at radius 1 is 1.24 bits per heavy atom. The van der Waals surface area contributed by atoms with Crippen molar-refractivity contribution in [2.75, 3.05) is 6.61 Å². The molecule has 1 aromatic heterocycles. The molecule has 0 aliphatic heterocycles. The average Bonchev–Trinajstić information content (AvgIpc) is 2.86. The smallest absolute Gasteiger partial charge is 0.119 e. The van der Waals surface area contributed by atoms with E-state index < -0.39 is 0 Å². The van der Waals surface area contributed by atoms with E-state index in [4.69, 9.17) is 10.5 Å². The SMILES string of the molecule is CC(C)Cc1c(CN)nnn1CCCOc1ccccc1. The molecule has 0 atom stereocenters. The van der Waals surface area contributed by atoms with Gasteiger partial charge in [-0.1, -0.05) is 37.3 Å². The van der Waals surface area contributed by atoms with Crippen molar-refractivity contribution in [2.45, 2.75) is 39.8 Å². The van der Waals surface area contributed by atoms with Gasteiger partial charge in [-0.25, -0.2) is 4.68 Å². The molecule has 2 N–H and O–H groups in total. The van der Waals surface area contributed by atoms with Crippen molar-refractivity contribution < 1.29 is 4.74 Å². The first-order chi connectivity index (χ1) is 10.2. The maximum absolute atomic E-state index is 5.73.